The first-order valence-corrected chi connectivity index (χ1v) is 5.90. The number of aromatic nitrogens is 4. The summed E-state index contributed by atoms with van der Waals surface area (Å²) >= 11 is 5.80. The van der Waals surface area contributed by atoms with Crippen LogP contribution in [0.4, 0.5) is 5.82 Å². The molecule has 3 aromatic rings. The summed E-state index contributed by atoms with van der Waals surface area (Å²) in [5, 5.41) is 12.1. The van der Waals surface area contributed by atoms with Crippen LogP contribution in [0.1, 0.15) is 0 Å². The minimum Gasteiger partial charge on any atom is -0.254 e. The van der Waals surface area contributed by atoms with Gasteiger partial charge in [0.2, 0.25) is 0 Å². The summed E-state index contributed by atoms with van der Waals surface area (Å²) in [4.78, 5) is 3.04. The monoisotopic (exact) mass is 260 g/mol. The van der Waals surface area contributed by atoms with Crippen LogP contribution in [0.2, 0.25) is 5.02 Å². The molecule has 0 saturated carbocycles. The number of fused-ring (bicyclic) bond motifs is 1. The number of hydrogen-bond donors (Lipinski definition) is 1. The predicted molar refractivity (Wildman–Crippen MR) is 69.2 cm³/mol. The van der Waals surface area contributed by atoms with Crippen molar-refractivity contribution in [3.8, 4) is 0 Å². The van der Waals surface area contributed by atoms with Crippen LogP contribution in [0.15, 0.2) is 42.6 Å². The highest BCUT2D eigenvalue weighted by Gasteiger charge is 2.06. The molecule has 0 aliphatic rings. The van der Waals surface area contributed by atoms with Crippen LogP contribution in [0, 0.1) is 0 Å². The average Bonchev–Trinajstić information content (AvgIpc) is 2.82. The van der Waals surface area contributed by atoms with Crippen molar-refractivity contribution >= 4 is 28.5 Å². The average molecular weight is 261 g/mol. The highest BCUT2D eigenvalue weighted by Crippen LogP contribution is 2.10. The minimum atomic E-state index is 0.540. The van der Waals surface area contributed by atoms with Crippen LogP contribution in [-0.4, -0.2) is 15.0 Å². The first-order chi connectivity index (χ1) is 8.83. The van der Waals surface area contributed by atoms with Crippen molar-refractivity contribution < 1.29 is 4.98 Å². The maximum atomic E-state index is 5.80. The molecule has 2 N–H and O–H groups in total. The first-order valence-electron chi connectivity index (χ1n) is 5.52. The Bertz CT molecular complexity index is 662. The van der Waals surface area contributed by atoms with Gasteiger partial charge in [-0.05, 0) is 18.2 Å². The molecule has 0 spiro atoms. The van der Waals surface area contributed by atoms with Crippen molar-refractivity contribution in [1.29, 1.82) is 0 Å². The van der Waals surface area contributed by atoms with Gasteiger partial charge in [0, 0.05) is 6.07 Å². The smallest absolute Gasteiger partial charge is 0.254 e. The number of nitrogens with zero attached hydrogens (tertiary/aromatic N) is 3. The Morgan fingerprint density at radius 3 is 2.94 bits per heavy atom. The zero-order chi connectivity index (χ0) is 12.4. The van der Waals surface area contributed by atoms with Crippen LogP contribution in [0.5, 0.6) is 0 Å². The lowest BCUT2D eigenvalue weighted by Gasteiger charge is -2.00. The molecular weight excluding hydrogens is 250 g/mol. The van der Waals surface area contributed by atoms with Crippen molar-refractivity contribution in [3.05, 3.63) is 47.6 Å². The van der Waals surface area contributed by atoms with Crippen LogP contribution >= 0.6 is 11.6 Å². The molecule has 2 aromatic heterocycles. The number of para-hydroxylation sites is 1. The SMILES string of the molecule is Clc1ccc(NCn2nnc3ccccc32)[nH+]c1. The van der Waals surface area contributed by atoms with Gasteiger partial charge in [0.05, 0.1) is 10.5 Å². The number of rotatable bonds is 3. The van der Waals surface area contributed by atoms with E-state index in [-0.39, 0.29) is 0 Å². The standard InChI is InChI=1S/C12H10ClN5/c13-9-5-6-12(14-7-9)15-8-18-11-4-2-1-3-10(11)16-17-18/h1-7H,8H2,(H,14,15)/p+1. The molecule has 6 heteroatoms. The molecule has 0 saturated heterocycles. The lowest BCUT2D eigenvalue weighted by Crippen LogP contribution is -2.16. The van der Waals surface area contributed by atoms with Gasteiger partial charge in [0.1, 0.15) is 11.7 Å². The summed E-state index contributed by atoms with van der Waals surface area (Å²) in [5.74, 6) is 0.874. The second kappa shape index (κ2) is 4.62. The van der Waals surface area contributed by atoms with Crippen molar-refractivity contribution in [2.45, 2.75) is 6.67 Å². The summed E-state index contributed by atoms with van der Waals surface area (Å²) in [6.45, 7) is 0.540. The van der Waals surface area contributed by atoms with Crippen molar-refractivity contribution in [1.82, 2.24) is 15.0 Å². The number of nitrogens with one attached hydrogen (secondary N) is 2. The molecule has 0 amide bonds. The Hall–Kier alpha value is -2.14. The van der Waals surface area contributed by atoms with Crippen LogP contribution < -0.4 is 10.3 Å². The Balaban J connectivity index is 1.79. The van der Waals surface area contributed by atoms with E-state index in [4.69, 9.17) is 11.6 Å². The summed E-state index contributed by atoms with van der Waals surface area (Å²) < 4.78 is 1.80. The lowest BCUT2D eigenvalue weighted by molar-refractivity contribution is -0.361. The lowest BCUT2D eigenvalue weighted by atomic mass is 10.3. The Morgan fingerprint density at radius 2 is 2.11 bits per heavy atom. The summed E-state index contributed by atoms with van der Waals surface area (Å²) in [5.41, 5.74) is 1.89. The van der Waals surface area contributed by atoms with E-state index in [1.807, 2.05) is 36.4 Å². The molecule has 0 atom stereocenters. The fourth-order valence-corrected chi connectivity index (χ4v) is 1.83. The molecule has 2 heterocycles. The molecule has 0 aliphatic heterocycles. The predicted octanol–water partition coefficient (Wildman–Crippen LogP) is 1.97. The Labute approximate surface area is 108 Å². The summed E-state index contributed by atoms with van der Waals surface area (Å²) in [6, 6.07) is 11.5. The molecule has 1 aromatic carbocycles. The second-order valence-electron chi connectivity index (χ2n) is 3.83. The van der Waals surface area contributed by atoms with Gasteiger partial charge in [-0.2, -0.15) is 0 Å². The molecule has 18 heavy (non-hydrogen) atoms. The van der Waals surface area contributed by atoms with Gasteiger partial charge in [-0.15, -0.1) is 5.10 Å². The topological polar surface area (TPSA) is 56.9 Å². The third kappa shape index (κ3) is 2.12. The highest BCUT2D eigenvalue weighted by molar-refractivity contribution is 6.30. The Kier molecular flexibility index (Phi) is 2.82. The molecule has 0 bridgehead atoms. The number of halogens is 1. The van der Waals surface area contributed by atoms with Crippen LogP contribution in [0.3, 0.4) is 0 Å². The van der Waals surface area contributed by atoms with E-state index >= 15 is 0 Å². The molecule has 0 aliphatic carbocycles. The first kappa shape index (κ1) is 11.0. The molecular formula is C12H11ClN5+. The molecule has 90 valence electrons. The zero-order valence-electron chi connectivity index (χ0n) is 9.47. The number of aromatic amines is 1. The summed E-state index contributed by atoms with van der Waals surface area (Å²) in [6.07, 6.45) is 1.73. The number of H-pyrrole nitrogens is 1. The Morgan fingerprint density at radius 1 is 1.22 bits per heavy atom. The van der Waals surface area contributed by atoms with Gasteiger partial charge in [-0.25, -0.2) is 9.67 Å². The number of anilines is 1. The normalized spacial score (nSPS) is 10.7. The molecule has 0 unspecified atom stereocenters. The van der Waals surface area contributed by atoms with E-state index in [0.717, 1.165) is 16.9 Å². The minimum absolute atomic E-state index is 0.540. The fourth-order valence-electron chi connectivity index (χ4n) is 1.71. The van der Waals surface area contributed by atoms with Gasteiger partial charge >= 0.3 is 0 Å². The third-order valence-electron chi connectivity index (χ3n) is 2.61. The van der Waals surface area contributed by atoms with E-state index in [2.05, 4.69) is 20.6 Å². The van der Waals surface area contributed by atoms with Gasteiger partial charge in [-0.3, -0.25) is 5.32 Å². The van der Waals surface area contributed by atoms with E-state index in [9.17, 15) is 0 Å². The number of benzene rings is 1. The van der Waals surface area contributed by atoms with E-state index in [0.29, 0.717) is 11.7 Å². The third-order valence-corrected chi connectivity index (χ3v) is 2.85. The number of pyridine rings is 1. The number of hydrogen-bond acceptors (Lipinski definition) is 3. The van der Waals surface area contributed by atoms with Gasteiger partial charge in [0.25, 0.3) is 5.82 Å². The van der Waals surface area contributed by atoms with E-state index < -0.39 is 0 Å². The van der Waals surface area contributed by atoms with Gasteiger partial charge < -0.3 is 0 Å². The quantitative estimate of drug-likeness (QED) is 0.783. The largest absolute Gasteiger partial charge is 0.273 e. The fraction of sp³-hybridized carbons (Fsp3) is 0.0833. The molecule has 0 radical (unpaired) electrons. The maximum Gasteiger partial charge on any atom is 0.273 e. The zero-order valence-corrected chi connectivity index (χ0v) is 10.2. The summed E-state index contributed by atoms with van der Waals surface area (Å²) in [7, 11) is 0. The van der Waals surface area contributed by atoms with E-state index in [1.165, 1.54) is 0 Å². The molecule has 0 fully saturated rings. The van der Waals surface area contributed by atoms with E-state index in [1.54, 1.807) is 10.9 Å². The molecule has 5 nitrogen and oxygen atoms in total. The van der Waals surface area contributed by atoms with Gasteiger partial charge in [-0.1, -0.05) is 28.9 Å². The highest BCUT2D eigenvalue weighted by atomic mass is 35.5. The van der Waals surface area contributed by atoms with Crippen LogP contribution in [0.25, 0.3) is 11.0 Å². The van der Waals surface area contributed by atoms with Crippen molar-refractivity contribution in [2.24, 2.45) is 0 Å². The second-order valence-corrected chi connectivity index (χ2v) is 4.27. The van der Waals surface area contributed by atoms with Crippen molar-refractivity contribution in [2.75, 3.05) is 5.32 Å². The van der Waals surface area contributed by atoms with Crippen molar-refractivity contribution in [3.63, 3.8) is 0 Å². The van der Waals surface area contributed by atoms with Gasteiger partial charge in [0.15, 0.2) is 6.67 Å². The molecule has 3 rings (SSSR count). The van der Waals surface area contributed by atoms with Crippen LogP contribution in [-0.2, 0) is 6.67 Å². The maximum absolute atomic E-state index is 5.80.